The third-order valence-electron chi connectivity index (χ3n) is 2.73. The molecule has 0 saturated carbocycles. The number of para-hydroxylation sites is 2. The van der Waals surface area contributed by atoms with Crippen LogP contribution < -0.4 is 15.8 Å². The average Bonchev–Trinajstić information content (AvgIpc) is 2.49. The van der Waals surface area contributed by atoms with Crippen LogP contribution in [0.15, 0.2) is 59.6 Å². The van der Waals surface area contributed by atoms with Gasteiger partial charge in [0.1, 0.15) is 6.10 Å². The Morgan fingerprint density at radius 3 is 2.57 bits per heavy atom. The number of nitrogens with two attached hydrogens (primary N) is 1. The maximum atomic E-state index is 13.4. The first-order chi connectivity index (χ1) is 10.1. The molecule has 2 rings (SSSR count). The molecule has 2 aromatic carbocycles. The molecule has 1 atom stereocenters. The van der Waals surface area contributed by atoms with Crippen molar-refractivity contribution in [3.05, 3.63) is 60.4 Å². The van der Waals surface area contributed by atoms with Gasteiger partial charge in [-0.3, -0.25) is 0 Å². The molecule has 0 radical (unpaired) electrons. The third kappa shape index (κ3) is 4.80. The van der Waals surface area contributed by atoms with Crippen molar-refractivity contribution in [2.45, 2.75) is 13.0 Å². The van der Waals surface area contributed by atoms with Gasteiger partial charge in [-0.15, -0.1) is 0 Å². The summed E-state index contributed by atoms with van der Waals surface area (Å²) in [5.74, 6) is 0.128. The van der Waals surface area contributed by atoms with E-state index >= 15 is 0 Å². The molecule has 0 spiro atoms. The molecule has 0 aromatic heterocycles. The number of benzene rings is 2. The third-order valence-corrected chi connectivity index (χ3v) is 2.73. The van der Waals surface area contributed by atoms with Crippen LogP contribution >= 0.6 is 0 Å². The minimum Gasteiger partial charge on any atom is -0.486 e. The number of nitrogens with one attached hydrogen (secondary N) is 1. The van der Waals surface area contributed by atoms with Gasteiger partial charge in [0, 0.05) is 5.69 Å². The molecule has 4 nitrogen and oxygen atoms in total. The Balaban J connectivity index is 1.86. The van der Waals surface area contributed by atoms with E-state index in [2.05, 4.69) is 10.3 Å². The predicted octanol–water partition coefficient (Wildman–Crippen LogP) is 3.02. The highest BCUT2D eigenvalue weighted by atomic mass is 19.1. The van der Waals surface area contributed by atoms with Crippen molar-refractivity contribution in [1.82, 2.24) is 0 Å². The Kier molecular flexibility index (Phi) is 5.15. The summed E-state index contributed by atoms with van der Waals surface area (Å²) in [6.45, 7) is 2.14. The van der Waals surface area contributed by atoms with Gasteiger partial charge in [0.05, 0.1) is 6.54 Å². The molecule has 0 heterocycles. The summed E-state index contributed by atoms with van der Waals surface area (Å²) in [5, 5.41) is 2.97. The summed E-state index contributed by atoms with van der Waals surface area (Å²) in [6, 6.07) is 15.8. The summed E-state index contributed by atoms with van der Waals surface area (Å²) in [7, 11) is 0. The number of anilines is 1. The van der Waals surface area contributed by atoms with Crippen LogP contribution in [0.1, 0.15) is 6.92 Å². The monoisotopic (exact) mass is 287 g/mol. The lowest BCUT2D eigenvalue weighted by atomic mass is 10.3. The Morgan fingerprint density at radius 2 is 1.86 bits per heavy atom. The van der Waals surface area contributed by atoms with Crippen LogP contribution in [0.4, 0.5) is 10.1 Å². The van der Waals surface area contributed by atoms with Crippen molar-refractivity contribution in [3.63, 3.8) is 0 Å². The summed E-state index contributed by atoms with van der Waals surface area (Å²) < 4.78 is 18.9. The molecule has 5 heteroatoms. The molecule has 110 valence electrons. The van der Waals surface area contributed by atoms with E-state index in [1.807, 2.05) is 37.3 Å². The van der Waals surface area contributed by atoms with Crippen molar-refractivity contribution >= 4 is 11.6 Å². The normalized spacial score (nSPS) is 12.8. The minimum atomic E-state index is -0.385. The van der Waals surface area contributed by atoms with Gasteiger partial charge < -0.3 is 15.8 Å². The van der Waals surface area contributed by atoms with Crippen molar-refractivity contribution < 1.29 is 9.13 Å². The van der Waals surface area contributed by atoms with Gasteiger partial charge in [0.15, 0.2) is 17.5 Å². The molecule has 1 unspecified atom stereocenters. The first-order valence-corrected chi connectivity index (χ1v) is 6.68. The van der Waals surface area contributed by atoms with Crippen molar-refractivity contribution in [2.24, 2.45) is 10.7 Å². The summed E-state index contributed by atoms with van der Waals surface area (Å²) in [5.41, 5.74) is 6.65. The van der Waals surface area contributed by atoms with E-state index in [9.17, 15) is 4.39 Å². The minimum absolute atomic E-state index is 0.217. The maximum absolute atomic E-state index is 13.4. The second-order valence-corrected chi connectivity index (χ2v) is 4.58. The lowest BCUT2D eigenvalue weighted by Gasteiger charge is -2.13. The highest BCUT2D eigenvalue weighted by Crippen LogP contribution is 2.17. The topological polar surface area (TPSA) is 59.6 Å². The Morgan fingerprint density at radius 1 is 1.19 bits per heavy atom. The number of nitrogens with zero attached hydrogens (tertiary/aromatic N) is 1. The van der Waals surface area contributed by atoms with E-state index in [0.717, 1.165) is 5.69 Å². The fourth-order valence-electron chi connectivity index (χ4n) is 1.73. The van der Waals surface area contributed by atoms with Crippen LogP contribution in [0.5, 0.6) is 5.75 Å². The van der Waals surface area contributed by atoms with Crippen molar-refractivity contribution in [3.8, 4) is 5.75 Å². The first kappa shape index (κ1) is 14.8. The Labute approximate surface area is 123 Å². The molecule has 0 aliphatic rings. The molecule has 3 N–H and O–H groups in total. The smallest absolute Gasteiger partial charge is 0.193 e. The summed E-state index contributed by atoms with van der Waals surface area (Å²) >= 11 is 0. The number of halogens is 1. The van der Waals surface area contributed by atoms with E-state index in [0.29, 0.717) is 12.5 Å². The number of ether oxygens (including phenoxy) is 1. The number of rotatable bonds is 5. The zero-order valence-corrected chi connectivity index (χ0v) is 11.8. The predicted molar refractivity (Wildman–Crippen MR) is 83.0 cm³/mol. The van der Waals surface area contributed by atoms with Gasteiger partial charge in [0.25, 0.3) is 0 Å². The lowest BCUT2D eigenvalue weighted by Crippen LogP contribution is -2.25. The van der Waals surface area contributed by atoms with E-state index in [4.69, 9.17) is 10.5 Å². The number of hydrogen-bond acceptors (Lipinski definition) is 2. The molecule has 0 aliphatic heterocycles. The Bertz CT molecular complexity index is 601. The zero-order valence-electron chi connectivity index (χ0n) is 11.8. The Hall–Kier alpha value is -2.56. The largest absolute Gasteiger partial charge is 0.486 e. The highest BCUT2D eigenvalue weighted by Gasteiger charge is 2.07. The molecule has 0 saturated heterocycles. The highest BCUT2D eigenvalue weighted by molar-refractivity contribution is 5.92. The van der Waals surface area contributed by atoms with E-state index in [1.165, 1.54) is 6.07 Å². The number of guanidine groups is 1. The molecule has 0 bridgehead atoms. The van der Waals surface area contributed by atoms with Gasteiger partial charge >= 0.3 is 0 Å². The van der Waals surface area contributed by atoms with Crippen LogP contribution in [-0.2, 0) is 0 Å². The van der Waals surface area contributed by atoms with Crippen LogP contribution in [0.25, 0.3) is 0 Å². The molecule has 2 aromatic rings. The lowest BCUT2D eigenvalue weighted by molar-refractivity contribution is 0.220. The first-order valence-electron chi connectivity index (χ1n) is 6.68. The zero-order chi connectivity index (χ0) is 15.1. The average molecular weight is 287 g/mol. The standard InChI is InChI=1S/C16H18FN3O/c1-12(21-15-10-6-5-9-14(15)17)11-19-16(18)20-13-7-3-2-4-8-13/h2-10,12H,11H2,1H3,(H3,18,19,20). The van der Waals surface area contributed by atoms with Gasteiger partial charge in [0.2, 0.25) is 0 Å². The SMILES string of the molecule is CC(CN=C(N)Nc1ccccc1)Oc1ccccc1F. The van der Waals surface area contributed by atoms with Crippen LogP contribution in [0.2, 0.25) is 0 Å². The second kappa shape index (κ2) is 7.28. The maximum Gasteiger partial charge on any atom is 0.193 e. The number of aliphatic imine (C=N–C) groups is 1. The van der Waals surface area contributed by atoms with E-state index in [1.54, 1.807) is 18.2 Å². The summed E-state index contributed by atoms with van der Waals surface area (Å²) in [4.78, 5) is 4.18. The fourth-order valence-corrected chi connectivity index (χ4v) is 1.73. The molecular weight excluding hydrogens is 269 g/mol. The van der Waals surface area contributed by atoms with Crippen molar-refractivity contribution in [2.75, 3.05) is 11.9 Å². The number of hydrogen-bond donors (Lipinski definition) is 2. The van der Waals surface area contributed by atoms with Crippen LogP contribution in [0, 0.1) is 5.82 Å². The van der Waals surface area contributed by atoms with Gasteiger partial charge in [-0.05, 0) is 31.2 Å². The van der Waals surface area contributed by atoms with E-state index < -0.39 is 0 Å². The van der Waals surface area contributed by atoms with Gasteiger partial charge in [-0.2, -0.15) is 0 Å². The molecular formula is C16H18FN3O. The molecule has 0 fully saturated rings. The van der Waals surface area contributed by atoms with Crippen LogP contribution in [0.3, 0.4) is 0 Å². The molecule has 21 heavy (non-hydrogen) atoms. The second-order valence-electron chi connectivity index (χ2n) is 4.58. The summed E-state index contributed by atoms with van der Waals surface area (Å²) in [6.07, 6.45) is -0.280. The van der Waals surface area contributed by atoms with Crippen molar-refractivity contribution in [1.29, 1.82) is 0 Å². The van der Waals surface area contributed by atoms with Gasteiger partial charge in [-0.1, -0.05) is 30.3 Å². The van der Waals surface area contributed by atoms with E-state index in [-0.39, 0.29) is 17.7 Å². The molecule has 0 aliphatic carbocycles. The molecule has 0 amide bonds. The van der Waals surface area contributed by atoms with Gasteiger partial charge in [-0.25, -0.2) is 9.38 Å². The fraction of sp³-hybridized carbons (Fsp3) is 0.188. The van der Waals surface area contributed by atoms with Crippen LogP contribution in [-0.4, -0.2) is 18.6 Å². The quantitative estimate of drug-likeness (QED) is 0.656.